The Hall–Kier alpha value is -1.69. The maximum absolute atomic E-state index is 5.31. The van der Waals surface area contributed by atoms with Gasteiger partial charge in [-0.15, -0.1) is 6.58 Å². The lowest BCUT2D eigenvalue weighted by Gasteiger charge is -2.12. The highest BCUT2D eigenvalue weighted by Gasteiger charge is 2.09. The first-order chi connectivity index (χ1) is 10.2. The Morgan fingerprint density at radius 2 is 1.95 bits per heavy atom. The molecule has 116 valence electrons. The van der Waals surface area contributed by atoms with Crippen LogP contribution in [0.4, 0.5) is 0 Å². The number of rotatable bonds is 7. The van der Waals surface area contributed by atoms with E-state index >= 15 is 0 Å². The Kier molecular flexibility index (Phi) is 7.68. The summed E-state index contributed by atoms with van der Waals surface area (Å²) < 4.78 is 11.5. The van der Waals surface area contributed by atoms with Crippen LogP contribution in [0.5, 0.6) is 11.5 Å². The fourth-order valence-electron chi connectivity index (χ4n) is 1.69. The van der Waals surface area contributed by atoms with E-state index in [0.717, 1.165) is 22.5 Å². The minimum absolute atomic E-state index is 0.521. The molecule has 1 aromatic carbocycles. The van der Waals surface area contributed by atoms with Crippen molar-refractivity contribution in [1.29, 1.82) is 0 Å². The van der Waals surface area contributed by atoms with Gasteiger partial charge in [-0.2, -0.15) is 0 Å². The maximum Gasteiger partial charge on any atom is 0.191 e. The molecule has 0 unspecified atom stereocenters. The second kappa shape index (κ2) is 9.28. The Balaban J connectivity index is 2.91. The van der Waals surface area contributed by atoms with Gasteiger partial charge in [0.25, 0.3) is 0 Å². The van der Waals surface area contributed by atoms with Gasteiger partial charge in [0, 0.05) is 17.6 Å². The van der Waals surface area contributed by atoms with Gasteiger partial charge in [-0.1, -0.05) is 22.0 Å². The molecule has 0 amide bonds. The summed E-state index contributed by atoms with van der Waals surface area (Å²) in [7, 11) is 3.24. The molecule has 0 aromatic heterocycles. The monoisotopic (exact) mass is 355 g/mol. The Bertz CT molecular complexity index is 504. The van der Waals surface area contributed by atoms with Crippen molar-refractivity contribution in [2.45, 2.75) is 13.5 Å². The van der Waals surface area contributed by atoms with E-state index < -0.39 is 0 Å². The average Bonchev–Trinajstić information content (AvgIpc) is 2.50. The number of methoxy groups -OCH3 is 2. The third kappa shape index (κ3) is 5.30. The molecule has 0 heterocycles. The molecule has 0 fully saturated rings. The van der Waals surface area contributed by atoms with Crippen molar-refractivity contribution >= 4 is 21.9 Å². The summed E-state index contributed by atoms with van der Waals surface area (Å²) in [6, 6.07) is 3.80. The van der Waals surface area contributed by atoms with Crippen LogP contribution < -0.4 is 20.1 Å². The van der Waals surface area contributed by atoms with Gasteiger partial charge in [-0.3, -0.25) is 0 Å². The van der Waals surface area contributed by atoms with Crippen LogP contribution in [0.3, 0.4) is 0 Å². The summed E-state index contributed by atoms with van der Waals surface area (Å²) in [5.41, 5.74) is 1.02. The van der Waals surface area contributed by atoms with Crippen LogP contribution in [-0.2, 0) is 6.54 Å². The van der Waals surface area contributed by atoms with Crippen molar-refractivity contribution in [3.63, 3.8) is 0 Å². The first-order valence-corrected chi connectivity index (χ1v) is 7.49. The number of ether oxygens (including phenoxy) is 2. The molecular weight excluding hydrogens is 334 g/mol. The first-order valence-electron chi connectivity index (χ1n) is 6.69. The van der Waals surface area contributed by atoms with Gasteiger partial charge in [-0.25, -0.2) is 4.99 Å². The Morgan fingerprint density at radius 3 is 2.52 bits per heavy atom. The molecule has 0 saturated carbocycles. The number of hydrogen-bond acceptors (Lipinski definition) is 3. The van der Waals surface area contributed by atoms with Crippen molar-refractivity contribution in [3.8, 4) is 11.5 Å². The van der Waals surface area contributed by atoms with E-state index in [0.29, 0.717) is 24.6 Å². The van der Waals surface area contributed by atoms with Gasteiger partial charge in [0.2, 0.25) is 0 Å². The van der Waals surface area contributed by atoms with Crippen LogP contribution in [0.25, 0.3) is 0 Å². The molecule has 2 N–H and O–H groups in total. The zero-order chi connectivity index (χ0) is 15.7. The molecule has 0 saturated heterocycles. The number of nitrogens with zero attached hydrogens (tertiary/aromatic N) is 1. The molecule has 5 nitrogen and oxygen atoms in total. The number of aliphatic imine (C=N–C) groups is 1. The van der Waals surface area contributed by atoms with Crippen LogP contribution in [0.15, 0.2) is 34.3 Å². The lowest BCUT2D eigenvalue weighted by Crippen LogP contribution is -2.37. The zero-order valence-corrected chi connectivity index (χ0v) is 14.3. The Labute approximate surface area is 134 Å². The largest absolute Gasteiger partial charge is 0.493 e. The third-order valence-corrected chi connectivity index (χ3v) is 3.46. The van der Waals surface area contributed by atoms with E-state index in [4.69, 9.17) is 9.47 Å². The fourth-order valence-corrected chi connectivity index (χ4v) is 2.14. The van der Waals surface area contributed by atoms with Gasteiger partial charge in [0.15, 0.2) is 17.5 Å². The van der Waals surface area contributed by atoms with E-state index in [9.17, 15) is 0 Å². The van der Waals surface area contributed by atoms with Crippen LogP contribution in [0, 0.1) is 0 Å². The summed E-state index contributed by atoms with van der Waals surface area (Å²) in [6.07, 6.45) is 1.79. The summed E-state index contributed by atoms with van der Waals surface area (Å²) in [4.78, 5) is 4.53. The van der Waals surface area contributed by atoms with Gasteiger partial charge in [0.1, 0.15) is 0 Å². The van der Waals surface area contributed by atoms with Crippen LogP contribution in [0.2, 0.25) is 0 Å². The highest BCUT2D eigenvalue weighted by Crippen LogP contribution is 2.33. The molecule has 1 aromatic rings. The highest BCUT2D eigenvalue weighted by atomic mass is 79.9. The predicted molar refractivity (Wildman–Crippen MR) is 90.3 cm³/mol. The smallest absolute Gasteiger partial charge is 0.191 e. The molecule has 0 bridgehead atoms. The number of nitrogens with one attached hydrogen (secondary N) is 2. The van der Waals surface area contributed by atoms with Crippen LogP contribution in [0.1, 0.15) is 12.5 Å². The van der Waals surface area contributed by atoms with E-state index in [2.05, 4.69) is 38.1 Å². The van der Waals surface area contributed by atoms with E-state index in [-0.39, 0.29) is 0 Å². The maximum atomic E-state index is 5.31. The summed E-state index contributed by atoms with van der Waals surface area (Å²) >= 11 is 3.53. The second-order valence-electron chi connectivity index (χ2n) is 4.16. The lowest BCUT2D eigenvalue weighted by molar-refractivity contribution is 0.354. The van der Waals surface area contributed by atoms with Crippen LogP contribution >= 0.6 is 15.9 Å². The molecule has 0 aliphatic carbocycles. The van der Waals surface area contributed by atoms with E-state index in [1.165, 1.54) is 0 Å². The van der Waals surface area contributed by atoms with Crippen molar-refractivity contribution in [2.75, 3.05) is 27.3 Å². The molecule has 0 radical (unpaired) electrons. The molecule has 0 spiro atoms. The van der Waals surface area contributed by atoms with Gasteiger partial charge >= 0.3 is 0 Å². The molecule has 1 rings (SSSR count). The van der Waals surface area contributed by atoms with Gasteiger partial charge < -0.3 is 20.1 Å². The minimum Gasteiger partial charge on any atom is -0.493 e. The van der Waals surface area contributed by atoms with Gasteiger partial charge in [-0.05, 0) is 24.6 Å². The number of halogens is 1. The number of benzene rings is 1. The molecule has 0 aliphatic heterocycles. The molecular formula is C15H22BrN3O2. The van der Waals surface area contributed by atoms with Crippen molar-refractivity contribution in [3.05, 3.63) is 34.8 Å². The van der Waals surface area contributed by atoms with E-state index in [1.54, 1.807) is 20.3 Å². The van der Waals surface area contributed by atoms with Crippen molar-refractivity contribution in [2.24, 2.45) is 4.99 Å². The standard InChI is InChI=1S/C15H22BrN3O2/c1-5-7-18-15(17-6-2)19-10-11-8-13(20-3)14(21-4)9-12(11)16/h5,8-9H,1,6-7,10H2,2-4H3,(H2,17,18,19). The Morgan fingerprint density at radius 1 is 1.29 bits per heavy atom. The first kappa shape index (κ1) is 17.4. The quantitative estimate of drug-likeness (QED) is 0.448. The highest BCUT2D eigenvalue weighted by molar-refractivity contribution is 9.10. The zero-order valence-electron chi connectivity index (χ0n) is 12.7. The third-order valence-electron chi connectivity index (χ3n) is 2.72. The molecule has 21 heavy (non-hydrogen) atoms. The van der Waals surface area contributed by atoms with Gasteiger partial charge in [0.05, 0.1) is 20.8 Å². The predicted octanol–water partition coefficient (Wildman–Crippen LogP) is 2.71. The van der Waals surface area contributed by atoms with Crippen molar-refractivity contribution in [1.82, 2.24) is 10.6 Å². The lowest BCUT2D eigenvalue weighted by atomic mass is 10.2. The summed E-state index contributed by atoms with van der Waals surface area (Å²) in [5, 5.41) is 6.34. The summed E-state index contributed by atoms with van der Waals surface area (Å²) in [6.45, 7) is 7.70. The average molecular weight is 356 g/mol. The normalized spacial score (nSPS) is 11.0. The van der Waals surface area contributed by atoms with Crippen LogP contribution in [-0.4, -0.2) is 33.3 Å². The molecule has 6 heteroatoms. The number of hydrogen-bond donors (Lipinski definition) is 2. The second-order valence-corrected chi connectivity index (χ2v) is 5.02. The SMILES string of the molecule is C=CCNC(=NCc1cc(OC)c(OC)cc1Br)NCC. The molecule has 0 atom stereocenters. The number of guanidine groups is 1. The van der Waals surface area contributed by atoms with Crippen molar-refractivity contribution < 1.29 is 9.47 Å². The topological polar surface area (TPSA) is 54.9 Å². The molecule has 0 aliphatic rings. The summed E-state index contributed by atoms with van der Waals surface area (Å²) in [5.74, 6) is 2.13. The minimum atomic E-state index is 0.521. The van der Waals surface area contributed by atoms with E-state index in [1.807, 2.05) is 19.1 Å². The fraction of sp³-hybridized carbons (Fsp3) is 0.400.